The molecule has 0 spiro atoms. The first-order valence-electron chi connectivity index (χ1n) is 9.81. The summed E-state index contributed by atoms with van der Waals surface area (Å²) in [6.07, 6.45) is 1.71. The quantitative estimate of drug-likeness (QED) is 0.623. The molecule has 7 nitrogen and oxygen atoms in total. The summed E-state index contributed by atoms with van der Waals surface area (Å²) < 4.78 is 28.9. The van der Waals surface area contributed by atoms with Crippen molar-refractivity contribution >= 4 is 21.6 Å². The third kappa shape index (κ3) is 4.29. The molecule has 0 aliphatic rings. The average molecular weight is 427 g/mol. The number of para-hydroxylation sites is 1. The Labute approximate surface area is 177 Å². The molecule has 0 unspecified atom stereocenters. The summed E-state index contributed by atoms with van der Waals surface area (Å²) in [4.78, 5) is 12.9. The molecule has 3 aromatic rings. The zero-order valence-electron chi connectivity index (χ0n) is 17.6. The predicted octanol–water partition coefficient (Wildman–Crippen LogP) is 3.77. The third-order valence-electron chi connectivity index (χ3n) is 5.07. The molecule has 1 aromatic heterocycles. The Balaban J connectivity index is 1.91. The molecule has 158 valence electrons. The molecule has 3 rings (SSSR count). The maximum atomic E-state index is 12.9. The molecule has 0 radical (unpaired) electrons. The molecule has 30 heavy (non-hydrogen) atoms. The van der Waals surface area contributed by atoms with Gasteiger partial charge in [-0.1, -0.05) is 32.0 Å². The number of hydrogen-bond acceptors (Lipinski definition) is 4. The minimum atomic E-state index is -3.63. The molecule has 0 saturated heterocycles. The van der Waals surface area contributed by atoms with E-state index in [0.29, 0.717) is 18.8 Å². The fraction of sp³-hybridized carbons (Fsp3) is 0.273. The molecule has 1 heterocycles. The Hall–Kier alpha value is -2.97. The van der Waals surface area contributed by atoms with Crippen LogP contribution in [-0.2, 0) is 10.0 Å². The number of nitrogens with one attached hydrogen (secondary N) is 1. The minimum Gasteiger partial charge on any atom is -0.320 e. The van der Waals surface area contributed by atoms with Gasteiger partial charge in [-0.25, -0.2) is 13.1 Å². The first kappa shape index (κ1) is 21.7. The highest BCUT2D eigenvalue weighted by Gasteiger charge is 2.24. The number of nitrogens with zero attached hydrogens (tertiary/aromatic N) is 3. The van der Waals surface area contributed by atoms with E-state index in [-0.39, 0.29) is 10.6 Å². The number of rotatable bonds is 7. The molecule has 0 fully saturated rings. The van der Waals surface area contributed by atoms with E-state index in [4.69, 9.17) is 0 Å². The van der Waals surface area contributed by atoms with Gasteiger partial charge in [0.25, 0.3) is 5.91 Å². The van der Waals surface area contributed by atoms with Crippen molar-refractivity contribution in [1.82, 2.24) is 14.1 Å². The van der Waals surface area contributed by atoms with Crippen molar-refractivity contribution in [3.63, 3.8) is 0 Å². The van der Waals surface area contributed by atoms with E-state index in [2.05, 4.69) is 10.4 Å². The van der Waals surface area contributed by atoms with E-state index in [1.54, 1.807) is 36.9 Å². The second-order valence-electron chi connectivity index (χ2n) is 6.94. The molecule has 0 aliphatic carbocycles. The first-order chi connectivity index (χ1) is 14.3. The molecular weight excluding hydrogens is 400 g/mol. The van der Waals surface area contributed by atoms with E-state index < -0.39 is 15.9 Å². The summed E-state index contributed by atoms with van der Waals surface area (Å²) in [7, 11) is -3.63. The van der Waals surface area contributed by atoms with Crippen molar-refractivity contribution in [3.8, 4) is 5.69 Å². The van der Waals surface area contributed by atoms with Crippen LogP contribution in [0.1, 0.15) is 35.5 Å². The number of anilines is 1. The van der Waals surface area contributed by atoms with E-state index in [0.717, 1.165) is 16.8 Å². The Morgan fingerprint density at radius 1 is 1.07 bits per heavy atom. The highest BCUT2D eigenvalue weighted by Crippen LogP contribution is 2.26. The van der Waals surface area contributed by atoms with E-state index in [1.807, 2.05) is 44.2 Å². The summed E-state index contributed by atoms with van der Waals surface area (Å²) in [6.45, 7) is 8.04. The lowest BCUT2D eigenvalue weighted by molar-refractivity contribution is 0.102. The lowest BCUT2D eigenvalue weighted by Gasteiger charge is -2.20. The topological polar surface area (TPSA) is 84.3 Å². The van der Waals surface area contributed by atoms with Crippen LogP contribution in [0.5, 0.6) is 0 Å². The zero-order valence-corrected chi connectivity index (χ0v) is 18.4. The van der Waals surface area contributed by atoms with Crippen LogP contribution in [0.4, 0.5) is 5.69 Å². The van der Waals surface area contributed by atoms with Crippen molar-refractivity contribution in [1.29, 1.82) is 0 Å². The van der Waals surface area contributed by atoms with Crippen LogP contribution in [0.2, 0.25) is 0 Å². The maximum absolute atomic E-state index is 12.9. The third-order valence-corrected chi connectivity index (χ3v) is 7.10. The highest BCUT2D eigenvalue weighted by atomic mass is 32.2. The zero-order chi connectivity index (χ0) is 21.9. The monoisotopic (exact) mass is 426 g/mol. The Morgan fingerprint density at radius 3 is 2.37 bits per heavy atom. The lowest BCUT2D eigenvalue weighted by Crippen LogP contribution is -2.30. The number of benzene rings is 2. The number of aryl methyl sites for hydroxylation is 1. The molecular formula is C22H26N4O3S. The SMILES string of the molecule is CCN(CC)S(=O)(=O)c1cc(C)c(C)c(NC(=O)c2ccn(-c3ccccc3)n2)c1. The van der Waals surface area contributed by atoms with Gasteiger partial charge in [0.05, 0.1) is 10.6 Å². The Bertz CT molecular complexity index is 1150. The number of hydrogen-bond donors (Lipinski definition) is 1. The van der Waals surface area contributed by atoms with Crippen LogP contribution in [-0.4, -0.2) is 41.5 Å². The van der Waals surface area contributed by atoms with Gasteiger partial charge in [0.2, 0.25) is 10.0 Å². The second kappa shape index (κ2) is 8.81. The molecule has 0 saturated carbocycles. The molecule has 1 N–H and O–H groups in total. The molecule has 0 bridgehead atoms. The van der Waals surface area contributed by atoms with E-state index in [9.17, 15) is 13.2 Å². The van der Waals surface area contributed by atoms with E-state index >= 15 is 0 Å². The number of sulfonamides is 1. The van der Waals surface area contributed by atoms with Crippen molar-refractivity contribution in [2.24, 2.45) is 0 Å². The number of aromatic nitrogens is 2. The van der Waals surface area contributed by atoms with Crippen molar-refractivity contribution in [3.05, 3.63) is 71.5 Å². The highest BCUT2D eigenvalue weighted by molar-refractivity contribution is 7.89. The van der Waals surface area contributed by atoms with Gasteiger partial charge in [-0.2, -0.15) is 9.40 Å². The number of carbonyl (C=O) groups excluding carboxylic acids is 1. The largest absolute Gasteiger partial charge is 0.320 e. The van der Waals surface area contributed by atoms with Crippen molar-refractivity contribution in [2.45, 2.75) is 32.6 Å². The van der Waals surface area contributed by atoms with E-state index in [1.165, 1.54) is 10.4 Å². The fourth-order valence-corrected chi connectivity index (χ4v) is 4.74. The summed E-state index contributed by atoms with van der Waals surface area (Å²) in [5, 5.41) is 7.15. The molecule has 2 aromatic carbocycles. The van der Waals surface area contributed by atoms with Gasteiger partial charge < -0.3 is 5.32 Å². The van der Waals surface area contributed by atoms with Crippen LogP contribution in [0, 0.1) is 13.8 Å². The van der Waals surface area contributed by atoms with Gasteiger partial charge in [-0.3, -0.25) is 4.79 Å². The van der Waals surface area contributed by atoms with Gasteiger partial charge in [-0.05, 0) is 55.3 Å². The summed E-state index contributed by atoms with van der Waals surface area (Å²) in [6, 6.07) is 14.3. The van der Waals surface area contributed by atoms with Gasteiger partial charge >= 0.3 is 0 Å². The van der Waals surface area contributed by atoms with Crippen LogP contribution in [0.25, 0.3) is 5.69 Å². The number of amides is 1. The minimum absolute atomic E-state index is 0.166. The summed E-state index contributed by atoms with van der Waals surface area (Å²) in [5.74, 6) is -0.399. The van der Waals surface area contributed by atoms with Crippen LogP contribution < -0.4 is 5.32 Å². The van der Waals surface area contributed by atoms with Gasteiger partial charge in [0, 0.05) is 25.0 Å². The molecule has 0 aliphatic heterocycles. The van der Waals surface area contributed by atoms with Gasteiger partial charge in [-0.15, -0.1) is 0 Å². The van der Waals surface area contributed by atoms with Crippen molar-refractivity contribution in [2.75, 3.05) is 18.4 Å². The smallest absolute Gasteiger partial charge is 0.276 e. The average Bonchev–Trinajstić information content (AvgIpc) is 3.23. The predicted molar refractivity (Wildman–Crippen MR) is 118 cm³/mol. The summed E-state index contributed by atoms with van der Waals surface area (Å²) >= 11 is 0. The standard InChI is InChI=1S/C22H26N4O3S/c1-5-25(6-2)30(28,29)19-14-16(3)17(4)21(15-19)23-22(27)20-12-13-26(24-20)18-10-8-7-9-11-18/h7-15H,5-6H2,1-4H3,(H,23,27). The second-order valence-corrected chi connectivity index (χ2v) is 8.88. The normalized spacial score (nSPS) is 11.6. The Kier molecular flexibility index (Phi) is 6.38. The molecule has 8 heteroatoms. The Morgan fingerprint density at radius 2 is 1.73 bits per heavy atom. The molecule has 1 amide bonds. The van der Waals surface area contributed by atoms with Crippen molar-refractivity contribution < 1.29 is 13.2 Å². The maximum Gasteiger partial charge on any atom is 0.276 e. The van der Waals surface area contributed by atoms with Crippen LogP contribution >= 0.6 is 0 Å². The van der Waals surface area contributed by atoms with Crippen LogP contribution in [0.3, 0.4) is 0 Å². The van der Waals surface area contributed by atoms with Gasteiger partial charge in [0.15, 0.2) is 5.69 Å². The first-order valence-corrected chi connectivity index (χ1v) is 11.3. The fourth-order valence-electron chi connectivity index (χ4n) is 3.17. The lowest BCUT2D eigenvalue weighted by atomic mass is 10.1. The molecule has 0 atom stereocenters. The van der Waals surface area contributed by atoms with Crippen LogP contribution in [0.15, 0.2) is 59.6 Å². The van der Waals surface area contributed by atoms with Gasteiger partial charge in [0.1, 0.15) is 0 Å². The summed E-state index contributed by atoms with van der Waals surface area (Å²) in [5.41, 5.74) is 3.14. The number of carbonyl (C=O) groups is 1.